The number of pyridine rings is 2. The number of rotatable bonds is 13. The van der Waals surface area contributed by atoms with Gasteiger partial charge in [-0.2, -0.15) is 10.2 Å². The SMILES string of the molecule is CCCCn1c(O)c(N=Nc2ccc(-c3ccc(N=Nc4c(C)c(C(N)=O)c(=O)n(CCCC)c4O)cc3S)c(S)c2)c(C)c(C(N)=O)c1=O. The minimum absolute atomic E-state index is 0.0456. The highest BCUT2D eigenvalue weighted by Crippen LogP contribution is 2.38. The van der Waals surface area contributed by atoms with E-state index in [2.05, 4.69) is 45.7 Å². The van der Waals surface area contributed by atoms with Gasteiger partial charge in [0.2, 0.25) is 11.8 Å². The molecule has 0 bridgehead atoms. The highest BCUT2D eigenvalue weighted by molar-refractivity contribution is 7.80. The monoisotopic (exact) mass is 718 g/mol. The molecular weight excluding hydrogens is 681 g/mol. The number of nitrogens with two attached hydrogens (primary N) is 2. The van der Waals surface area contributed by atoms with E-state index in [0.29, 0.717) is 45.1 Å². The second kappa shape index (κ2) is 16.0. The number of amides is 2. The lowest BCUT2D eigenvalue weighted by Crippen LogP contribution is -2.31. The number of aromatic nitrogens is 2. The molecule has 2 amide bonds. The molecule has 0 saturated heterocycles. The lowest BCUT2D eigenvalue weighted by molar-refractivity contribution is 0.0989. The van der Waals surface area contributed by atoms with Gasteiger partial charge in [0, 0.05) is 34.0 Å². The Bertz CT molecular complexity index is 2020. The van der Waals surface area contributed by atoms with E-state index in [-0.39, 0.29) is 46.7 Å². The van der Waals surface area contributed by atoms with Crippen LogP contribution in [0.2, 0.25) is 0 Å². The van der Waals surface area contributed by atoms with Crippen molar-refractivity contribution >= 4 is 59.8 Å². The standard InChI is InChI=1S/C34H38N8O6S2/c1-5-7-13-41-31(45)25(29(35)43)17(3)27(33(41)47)39-37-19-9-11-21(23(49)15-19)22-12-10-20(16-24(22)50)38-40-28-18(4)26(30(36)44)32(46)42(34(28)48)14-8-6-2/h9-12,15-16,47-50H,5-8,13-14H2,1-4H3,(H2,35,43)(H2,36,44). The van der Waals surface area contributed by atoms with Gasteiger partial charge in [-0.05, 0) is 62.1 Å². The van der Waals surface area contributed by atoms with Crippen LogP contribution in [0.15, 0.2) is 76.2 Å². The number of primary amides is 2. The Kier molecular flexibility index (Phi) is 12.0. The lowest BCUT2D eigenvalue weighted by atomic mass is 10.0. The number of hydrogen-bond acceptors (Lipinski definition) is 12. The van der Waals surface area contributed by atoms with E-state index in [1.807, 2.05) is 13.8 Å². The van der Waals surface area contributed by atoms with E-state index < -0.39 is 34.7 Å². The molecule has 4 rings (SSSR count). The fraction of sp³-hybridized carbons (Fsp3) is 0.294. The fourth-order valence-corrected chi connectivity index (χ4v) is 5.97. The third-order valence-corrected chi connectivity index (χ3v) is 8.80. The first kappa shape index (κ1) is 37.6. The second-order valence-electron chi connectivity index (χ2n) is 11.5. The summed E-state index contributed by atoms with van der Waals surface area (Å²) in [6.45, 7) is 7.15. The number of carbonyl (C=O) groups excluding carboxylic acids is 2. The smallest absolute Gasteiger partial charge is 0.266 e. The molecule has 6 N–H and O–H groups in total. The fourth-order valence-electron chi connectivity index (χ4n) is 5.31. The molecule has 0 saturated carbocycles. The number of hydrogen-bond donors (Lipinski definition) is 6. The van der Waals surface area contributed by atoms with Crippen molar-refractivity contribution in [2.45, 2.75) is 76.3 Å². The zero-order chi connectivity index (χ0) is 36.9. The zero-order valence-electron chi connectivity index (χ0n) is 28.0. The molecule has 0 aliphatic rings. The maximum atomic E-state index is 12.8. The van der Waals surface area contributed by atoms with Crippen molar-refractivity contribution in [3.8, 4) is 22.9 Å². The lowest BCUT2D eigenvalue weighted by Gasteiger charge is -2.14. The van der Waals surface area contributed by atoms with E-state index >= 15 is 0 Å². The van der Waals surface area contributed by atoms with Crippen LogP contribution in [0.3, 0.4) is 0 Å². The van der Waals surface area contributed by atoms with Gasteiger partial charge >= 0.3 is 0 Å². The van der Waals surface area contributed by atoms with Crippen molar-refractivity contribution in [3.63, 3.8) is 0 Å². The largest absolute Gasteiger partial charge is 0.493 e. The summed E-state index contributed by atoms with van der Waals surface area (Å²) in [4.78, 5) is 50.9. The summed E-state index contributed by atoms with van der Waals surface area (Å²) in [7, 11) is 0. The number of nitrogens with zero attached hydrogens (tertiary/aromatic N) is 6. The molecular formula is C34H38N8O6S2. The van der Waals surface area contributed by atoms with Crippen LogP contribution >= 0.6 is 25.3 Å². The van der Waals surface area contributed by atoms with Crippen LogP contribution in [0, 0.1) is 13.8 Å². The first-order valence-electron chi connectivity index (χ1n) is 15.7. The quantitative estimate of drug-likeness (QED) is 0.0636. The van der Waals surface area contributed by atoms with E-state index in [4.69, 9.17) is 11.5 Å². The van der Waals surface area contributed by atoms with Crippen LogP contribution in [0.4, 0.5) is 22.7 Å². The first-order chi connectivity index (χ1) is 23.7. The number of thiol groups is 2. The Labute approximate surface area is 298 Å². The molecule has 0 aliphatic carbocycles. The van der Waals surface area contributed by atoms with E-state index in [1.165, 1.54) is 13.8 Å². The number of azo groups is 2. The molecule has 50 heavy (non-hydrogen) atoms. The van der Waals surface area contributed by atoms with Gasteiger partial charge < -0.3 is 21.7 Å². The molecule has 2 aromatic heterocycles. The molecule has 262 valence electrons. The summed E-state index contributed by atoms with van der Waals surface area (Å²) < 4.78 is 2.15. The number of aromatic hydroxyl groups is 2. The maximum Gasteiger partial charge on any atom is 0.266 e. The highest BCUT2D eigenvalue weighted by atomic mass is 32.1. The van der Waals surface area contributed by atoms with Crippen molar-refractivity contribution in [2.24, 2.45) is 31.9 Å². The number of carbonyl (C=O) groups is 2. The molecule has 2 heterocycles. The van der Waals surface area contributed by atoms with Crippen molar-refractivity contribution in [1.82, 2.24) is 9.13 Å². The Morgan fingerprint density at radius 2 is 1.04 bits per heavy atom. The Balaban J connectivity index is 1.66. The zero-order valence-corrected chi connectivity index (χ0v) is 29.8. The Hall–Kier alpha value is -5.22. The Morgan fingerprint density at radius 3 is 1.34 bits per heavy atom. The molecule has 16 heteroatoms. The van der Waals surface area contributed by atoms with Crippen LogP contribution in [0.1, 0.15) is 71.4 Å². The normalized spacial score (nSPS) is 11.6. The molecule has 0 radical (unpaired) electrons. The van der Waals surface area contributed by atoms with Crippen LogP contribution < -0.4 is 22.6 Å². The summed E-state index contributed by atoms with van der Waals surface area (Å²) in [6.07, 6.45) is 2.68. The van der Waals surface area contributed by atoms with Crippen LogP contribution in [-0.4, -0.2) is 31.2 Å². The summed E-state index contributed by atoms with van der Waals surface area (Å²) >= 11 is 9.27. The van der Waals surface area contributed by atoms with Gasteiger partial charge in [0.05, 0.1) is 11.4 Å². The van der Waals surface area contributed by atoms with E-state index in [1.54, 1.807) is 36.4 Å². The second-order valence-corrected chi connectivity index (χ2v) is 12.5. The van der Waals surface area contributed by atoms with Crippen molar-refractivity contribution < 1.29 is 19.8 Å². The molecule has 0 atom stereocenters. The van der Waals surface area contributed by atoms with Crippen molar-refractivity contribution in [2.75, 3.05) is 0 Å². The topological polar surface area (TPSA) is 220 Å². The molecule has 14 nitrogen and oxygen atoms in total. The van der Waals surface area contributed by atoms with Crippen LogP contribution in [0.25, 0.3) is 11.1 Å². The van der Waals surface area contributed by atoms with Gasteiger partial charge in [-0.1, -0.05) is 38.8 Å². The summed E-state index contributed by atoms with van der Waals surface area (Å²) in [5.41, 5.74) is 11.4. The van der Waals surface area contributed by atoms with Gasteiger partial charge in [0.15, 0.2) is 0 Å². The van der Waals surface area contributed by atoms with Crippen LogP contribution in [-0.2, 0) is 13.1 Å². The Morgan fingerprint density at radius 1 is 0.680 bits per heavy atom. The van der Waals surface area contributed by atoms with Gasteiger partial charge in [0.25, 0.3) is 22.9 Å². The minimum atomic E-state index is -0.926. The first-order valence-corrected chi connectivity index (χ1v) is 16.6. The third kappa shape index (κ3) is 7.65. The maximum absolute atomic E-state index is 12.8. The van der Waals surface area contributed by atoms with Crippen LogP contribution in [0.5, 0.6) is 11.8 Å². The summed E-state index contributed by atoms with van der Waals surface area (Å²) in [6, 6.07) is 10.1. The summed E-state index contributed by atoms with van der Waals surface area (Å²) in [5.74, 6) is -2.67. The number of unbranched alkanes of at least 4 members (excludes halogenated alkanes) is 2. The van der Waals surface area contributed by atoms with Gasteiger partial charge in [-0.25, -0.2) is 0 Å². The van der Waals surface area contributed by atoms with Crippen molar-refractivity contribution in [1.29, 1.82) is 0 Å². The molecule has 2 aromatic carbocycles. The predicted octanol–water partition coefficient (Wildman–Crippen LogP) is 6.91. The molecule has 0 aliphatic heterocycles. The summed E-state index contributed by atoms with van der Waals surface area (Å²) in [5, 5.41) is 38.5. The molecule has 0 spiro atoms. The van der Waals surface area contributed by atoms with E-state index in [9.17, 15) is 29.4 Å². The van der Waals surface area contributed by atoms with Gasteiger partial charge in [-0.3, -0.25) is 28.3 Å². The third-order valence-electron chi connectivity index (χ3n) is 8.06. The number of benzene rings is 2. The molecule has 0 fully saturated rings. The minimum Gasteiger partial charge on any atom is -0.493 e. The average molecular weight is 719 g/mol. The highest BCUT2D eigenvalue weighted by Gasteiger charge is 2.24. The van der Waals surface area contributed by atoms with Crippen molar-refractivity contribution in [3.05, 3.63) is 79.4 Å². The van der Waals surface area contributed by atoms with Gasteiger partial charge in [0.1, 0.15) is 22.5 Å². The molecule has 0 unspecified atom stereocenters. The predicted molar refractivity (Wildman–Crippen MR) is 196 cm³/mol. The van der Waals surface area contributed by atoms with E-state index in [0.717, 1.165) is 22.0 Å². The average Bonchev–Trinajstić information content (AvgIpc) is 3.04. The molecule has 4 aromatic rings. The van der Waals surface area contributed by atoms with Gasteiger partial charge in [-0.15, -0.1) is 35.5 Å².